The standard InChI is InChI=1S/C22H36O6/c1-22(27,13-7-8-15-23)14-9-11-18-17(19(24)16-20(18)25)10-5-3-4-6-12-21(26)28-2/h3-4,9,11,17-18,20,23,25,27H,5-8,10,12-16H2,1-2H3/b4-3-,11-9+/t17-,18-,20-,22?/m1/s1. The van der Waals surface area contributed by atoms with E-state index in [9.17, 15) is 19.8 Å². The van der Waals surface area contributed by atoms with Gasteiger partial charge < -0.3 is 20.1 Å². The summed E-state index contributed by atoms with van der Waals surface area (Å²) in [6.07, 6.45) is 12.0. The van der Waals surface area contributed by atoms with E-state index in [-0.39, 0.29) is 36.6 Å². The third kappa shape index (κ3) is 9.13. The van der Waals surface area contributed by atoms with Crippen molar-refractivity contribution in [1.82, 2.24) is 0 Å². The molecule has 0 heterocycles. The van der Waals surface area contributed by atoms with Gasteiger partial charge in [-0.1, -0.05) is 24.3 Å². The summed E-state index contributed by atoms with van der Waals surface area (Å²) < 4.78 is 4.58. The van der Waals surface area contributed by atoms with Crippen molar-refractivity contribution in [3.63, 3.8) is 0 Å². The van der Waals surface area contributed by atoms with E-state index >= 15 is 0 Å². The Bertz CT molecular complexity index is 537. The van der Waals surface area contributed by atoms with Gasteiger partial charge >= 0.3 is 5.97 Å². The van der Waals surface area contributed by atoms with Crippen molar-refractivity contribution in [2.45, 2.75) is 76.4 Å². The lowest BCUT2D eigenvalue weighted by molar-refractivity contribution is -0.140. The van der Waals surface area contributed by atoms with Crippen molar-refractivity contribution >= 4 is 11.8 Å². The number of carbonyl (C=O) groups is 2. The number of hydrogen-bond donors (Lipinski definition) is 3. The first kappa shape index (κ1) is 24.5. The average molecular weight is 397 g/mol. The number of Topliss-reactive ketones (excluding diaryl/α,β-unsaturated/α-hetero) is 1. The zero-order chi connectivity index (χ0) is 21.0. The highest BCUT2D eigenvalue weighted by atomic mass is 16.5. The van der Waals surface area contributed by atoms with Gasteiger partial charge in [0, 0.05) is 31.3 Å². The fourth-order valence-electron chi connectivity index (χ4n) is 3.61. The summed E-state index contributed by atoms with van der Waals surface area (Å²) in [7, 11) is 1.37. The number of aliphatic hydroxyl groups excluding tert-OH is 2. The summed E-state index contributed by atoms with van der Waals surface area (Å²) in [5.41, 5.74) is -0.850. The number of aliphatic hydroxyl groups is 3. The molecule has 0 radical (unpaired) electrons. The van der Waals surface area contributed by atoms with Crippen molar-refractivity contribution in [2.24, 2.45) is 11.8 Å². The summed E-state index contributed by atoms with van der Waals surface area (Å²) in [6, 6.07) is 0. The van der Waals surface area contributed by atoms with Gasteiger partial charge in [0.25, 0.3) is 0 Å². The lowest BCUT2D eigenvalue weighted by Gasteiger charge is -2.22. The van der Waals surface area contributed by atoms with Crippen LogP contribution in [0, 0.1) is 11.8 Å². The van der Waals surface area contributed by atoms with Crippen LogP contribution in [0.25, 0.3) is 0 Å². The third-order valence-electron chi connectivity index (χ3n) is 5.33. The SMILES string of the molecule is COC(=O)CC/C=C\CC[C@H]1C(=O)C[C@@H](O)[C@@H]1/C=C/CC(C)(O)CCCCO. The van der Waals surface area contributed by atoms with Crippen molar-refractivity contribution in [1.29, 1.82) is 0 Å². The number of ether oxygens (including phenoxy) is 1. The second-order valence-corrected chi connectivity index (χ2v) is 7.90. The number of unbranched alkanes of at least 4 members (excludes halogenated alkanes) is 1. The minimum absolute atomic E-state index is 0.0832. The Morgan fingerprint density at radius 2 is 1.96 bits per heavy atom. The van der Waals surface area contributed by atoms with Gasteiger partial charge in [-0.3, -0.25) is 9.59 Å². The third-order valence-corrected chi connectivity index (χ3v) is 5.33. The number of esters is 1. The molecule has 0 aliphatic heterocycles. The second-order valence-electron chi connectivity index (χ2n) is 7.90. The fraction of sp³-hybridized carbons (Fsp3) is 0.727. The molecule has 0 aromatic heterocycles. The molecule has 1 aliphatic carbocycles. The van der Waals surface area contributed by atoms with Crippen molar-refractivity contribution in [3.8, 4) is 0 Å². The van der Waals surface area contributed by atoms with Crippen LogP contribution >= 0.6 is 0 Å². The highest BCUT2D eigenvalue weighted by Crippen LogP contribution is 2.34. The second kappa shape index (κ2) is 12.9. The minimum atomic E-state index is -0.850. The van der Waals surface area contributed by atoms with Crippen molar-refractivity contribution < 1.29 is 29.6 Å². The van der Waals surface area contributed by atoms with Crippen LogP contribution in [0.1, 0.15) is 64.7 Å². The molecule has 1 saturated carbocycles. The number of allylic oxidation sites excluding steroid dienone is 2. The van der Waals surface area contributed by atoms with Gasteiger partial charge in [0.15, 0.2) is 0 Å². The maximum atomic E-state index is 12.2. The smallest absolute Gasteiger partial charge is 0.305 e. The first-order valence-electron chi connectivity index (χ1n) is 10.2. The van der Waals surface area contributed by atoms with Crippen molar-refractivity contribution in [2.75, 3.05) is 13.7 Å². The molecule has 1 rings (SSSR count). The maximum Gasteiger partial charge on any atom is 0.305 e. The molecule has 4 atom stereocenters. The molecule has 0 saturated heterocycles. The molecule has 0 aromatic rings. The molecule has 0 spiro atoms. The topological polar surface area (TPSA) is 104 Å². The highest BCUT2D eigenvalue weighted by Gasteiger charge is 2.39. The molecule has 1 aliphatic rings. The monoisotopic (exact) mass is 396 g/mol. The van der Waals surface area contributed by atoms with Crippen LogP contribution in [0.15, 0.2) is 24.3 Å². The molecule has 0 aromatic carbocycles. The quantitative estimate of drug-likeness (QED) is 0.251. The van der Waals surface area contributed by atoms with E-state index in [0.29, 0.717) is 44.9 Å². The molecule has 6 heteroatoms. The largest absolute Gasteiger partial charge is 0.469 e. The van der Waals surface area contributed by atoms with E-state index in [4.69, 9.17) is 5.11 Å². The Hall–Kier alpha value is -1.50. The Kier molecular flexibility index (Phi) is 11.3. The van der Waals surface area contributed by atoms with Gasteiger partial charge in [0.2, 0.25) is 0 Å². The van der Waals surface area contributed by atoms with Gasteiger partial charge in [-0.15, -0.1) is 0 Å². The van der Waals surface area contributed by atoms with E-state index in [2.05, 4.69) is 4.74 Å². The number of hydrogen-bond acceptors (Lipinski definition) is 6. The van der Waals surface area contributed by atoms with Gasteiger partial charge in [-0.25, -0.2) is 0 Å². The summed E-state index contributed by atoms with van der Waals surface area (Å²) in [5, 5.41) is 29.4. The highest BCUT2D eigenvalue weighted by molar-refractivity contribution is 5.84. The molecular formula is C22H36O6. The molecule has 6 nitrogen and oxygen atoms in total. The minimum Gasteiger partial charge on any atom is -0.469 e. The predicted molar refractivity (Wildman–Crippen MR) is 108 cm³/mol. The van der Waals surface area contributed by atoms with Crippen LogP contribution < -0.4 is 0 Å². The van der Waals surface area contributed by atoms with Crippen molar-refractivity contribution in [3.05, 3.63) is 24.3 Å². The lowest BCUT2D eigenvalue weighted by atomic mass is 9.88. The molecule has 0 bridgehead atoms. The van der Waals surface area contributed by atoms with Gasteiger partial charge in [-0.2, -0.15) is 0 Å². The Morgan fingerprint density at radius 3 is 2.64 bits per heavy atom. The summed E-state index contributed by atoms with van der Waals surface area (Å²) >= 11 is 0. The molecule has 3 N–H and O–H groups in total. The Balaban J connectivity index is 2.48. The molecule has 28 heavy (non-hydrogen) atoms. The zero-order valence-corrected chi connectivity index (χ0v) is 17.2. The summed E-state index contributed by atoms with van der Waals surface area (Å²) in [5.74, 6) is -0.587. The molecule has 1 unspecified atom stereocenters. The summed E-state index contributed by atoms with van der Waals surface area (Å²) in [4.78, 5) is 23.3. The van der Waals surface area contributed by atoms with E-state index in [1.807, 2.05) is 24.3 Å². The van der Waals surface area contributed by atoms with Crippen LogP contribution in [0.5, 0.6) is 0 Å². The van der Waals surface area contributed by atoms with Crippen LogP contribution in [-0.4, -0.2) is 52.5 Å². The average Bonchev–Trinajstić information content (AvgIpc) is 2.91. The van der Waals surface area contributed by atoms with Crippen LogP contribution in [0.4, 0.5) is 0 Å². The molecule has 160 valence electrons. The van der Waals surface area contributed by atoms with E-state index < -0.39 is 11.7 Å². The Morgan fingerprint density at radius 1 is 1.25 bits per heavy atom. The zero-order valence-electron chi connectivity index (χ0n) is 17.2. The number of methoxy groups -OCH3 is 1. The van der Waals surface area contributed by atoms with Gasteiger partial charge in [-0.05, 0) is 51.9 Å². The van der Waals surface area contributed by atoms with Crippen LogP contribution in [0.3, 0.4) is 0 Å². The molecule has 0 amide bonds. The maximum absolute atomic E-state index is 12.2. The fourth-order valence-corrected chi connectivity index (χ4v) is 3.61. The van der Waals surface area contributed by atoms with E-state index in [0.717, 1.165) is 6.42 Å². The number of ketones is 1. The Labute approximate surface area is 168 Å². The van der Waals surface area contributed by atoms with Gasteiger partial charge in [0.05, 0.1) is 18.8 Å². The molecular weight excluding hydrogens is 360 g/mol. The van der Waals surface area contributed by atoms with Crippen LogP contribution in [0.2, 0.25) is 0 Å². The normalized spacial score (nSPS) is 24.9. The van der Waals surface area contributed by atoms with Crippen LogP contribution in [-0.2, 0) is 14.3 Å². The molecule has 1 fully saturated rings. The first-order chi connectivity index (χ1) is 13.3. The number of rotatable bonds is 13. The first-order valence-corrected chi connectivity index (χ1v) is 10.2. The predicted octanol–water partition coefficient (Wildman–Crippen LogP) is 2.70. The summed E-state index contributed by atoms with van der Waals surface area (Å²) in [6.45, 7) is 1.89. The van der Waals surface area contributed by atoms with E-state index in [1.165, 1.54) is 7.11 Å². The van der Waals surface area contributed by atoms with E-state index in [1.54, 1.807) is 6.92 Å². The van der Waals surface area contributed by atoms with Gasteiger partial charge in [0.1, 0.15) is 5.78 Å². The lowest BCUT2D eigenvalue weighted by Crippen LogP contribution is -2.23. The number of carbonyl (C=O) groups excluding carboxylic acids is 2.